The van der Waals surface area contributed by atoms with Crippen LogP contribution in [0.15, 0.2) is 42.0 Å². The topological polar surface area (TPSA) is 40.5 Å². The van der Waals surface area contributed by atoms with Crippen molar-refractivity contribution in [3.05, 3.63) is 62.9 Å². The van der Waals surface area contributed by atoms with Gasteiger partial charge in [-0.1, -0.05) is 61.4 Å². The van der Waals surface area contributed by atoms with Gasteiger partial charge in [0.1, 0.15) is 4.88 Å². The minimum absolute atomic E-state index is 0.0645. The fourth-order valence-corrected chi connectivity index (χ4v) is 6.45. The largest absolute Gasteiger partial charge is 0.477 e. The molecule has 3 aliphatic rings. The second-order valence-corrected chi connectivity index (χ2v) is 11.2. The van der Waals surface area contributed by atoms with Crippen LogP contribution in [0.25, 0.3) is 5.57 Å². The summed E-state index contributed by atoms with van der Waals surface area (Å²) in [4.78, 5) is 16.0. The lowest BCUT2D eigenvalue weighted by atomic mass is 9.78. The number of hydrogen-bond acceptors (Lipinski definition) is 3. The Kier molecular flexibility index (Phi) is 6.45. The number of rotatable bonds is 5. The third-order valence-electron chi connectivity index (χ3n) is 7.61. The van der Waals surface area contributed by atoms with Gasteiger partial charge in [-0.05, 0) is 74.3 Å². The Morgan fingerprint density at radius 3 is 2.64 bits per heavy atom. The van der Waals surface area contributed by atoms with Crippen molar-refractivity contribution in [3.63, 3.8) is 0 Å². The number of aromatic carboxylic acids is 1. The number of carboxylic acid groups (broad SMARTS) is 1. The van der Waals surface area contributed by atoms with Gasteiger partial charge in [-0.25, -0.2) is 4.79 Å². The van der Waals surface area contributed by atoms with E-state index < -0.39 is 5.97 Å². The van der Waals surface area contributed by atoms with Crippen LogP contribution in [0.2, 0.25) is 0 Å². The molecule has 33 heavy (non-hydrogen) atoms. The van der Waals surface area contributed by atoms with Crippen molar-refractivity contribution in [2.75, 3.05) is 20.1 Å². The molecular weight excluding hydrogens is 426 g/mol. The summed E-state index contributed by atoms with van der Waals surface area (Å²) in [5, 5.41) is 10.0. The predicted molar refractivity (Wildman–Crippen MR) is 136 cm³/mol. The first-order chi connectivity index (χ1) is 16.0. The van der Waals surface area contributed by atoms with Crippen molar-refractivity contribution in [3.8, 4) is 11.8 Å². The molecule has 2 fully saturated rings. The molecule has 0 unspecified atom stereocenters. The summed E-state index contributed by atoms with van der Waals surface area (Å²) >= 11 is 1.36. The third kappa shape index (κ3) is 5.10. The molecular formula is C29H33NO2S. The summed E-state index contributed by atoms with van der Waals surface area (Å²) in [6, 6.07) is 12.7. The van der Waals surface area contributed by atoms with Crippen molar-refractivity contribution in [1.82, 2.24) is 4.90 Å². The second-order valence-electron chi connectivity index (χ2n) is 10.2. The quantitative estimate of drug-likeness (QED) is 0.520. The summed E-state index contributed by atoms with van der Waals surface area (Å²) < 4.78 is 0. The molecule has 3 nitrogen and oxygen atoms in total. The van der Waals surface area contributed by atoms with Gasteiger partial charge in [-0.15, -0.1) is 11.3 Å². The third-order valence-corrected chi connectivity index (χ3v) is 8.65. The first kappa shape index (κ1) is 22.4. The van der Waals surface area contributed by atoms with Gasteiger partial charge in [0, 0.05) is 24.1 Å². The molecule has 0 atom stereocenters. The Hall–Kier alpha value is -2.35. The zero-order valence-corrected chi connectivity index (χ0v) is 20.3. The van der Waals surface area contributed by atoms with Crippen LogP contribution in [0.5, 0.6) is 0 Å². The lowest BCUT2D eigenvalue weighted by Gasteiger charge is -2.34. The summed E-state index contributed by atoms with van der Waals surface area (Å²) in [5.74, 6) is 6.73. The van der Waals surface area contributed by atoms with Crippen LogP contribution >= 0.6 is 11.3 Å². The van der Waals surface area contributed by atoms with Gasteiger partial charge in [0.05, 0.1) is 4.88 Å². The maximum atomic E-state index is 12.2. The van der Waals surface area contributed by atoms with Crippen LogP contribution in [0.3, 0.4) is 0 Å². The van der Waals surface area contributed by atoms with Gasteiger partial charge in [0.25, 0.3) is 0 Å². The molecule has 4 heteroatoms. The number of carbonyl (C=O) groups is 1. The van der Waals surface area contributed by atoms with Gasteiger partial charge in [0.15, 0.2) is 0 Å². The van der Waals surface area contributed by atoms with Crippen molar-refractivity contribution in [1.29, 1.82) is 0 Å². The van der Waals surface area contributed by atoms with E-state index in [0.717, 1.165) is 49.2 Å². The predicted octanol–water partition coefficient (Wildman–Crippen LogP) is 6.49. The van der Waals surface area contributed by atoms with E-state index in [1.165, 1.54) is 60.2 Å². The highest BCUT2D eigenvalue weighted by atomic mass is 32.1. The first-order valence-corrected chi connectivity index (χ1v) is 13.2. The molecule has 0 amide bonds. The molecule has 0 radical (unpaired) electrons. The number of hydrogen-bond donors (Lipinski definition) is 1. The summed E-state index contributed by atoms with van der Waals surface area (Å²) in [6.45, 7) is 1.96. The highest BCUT2D eigenvalue weighted by Gasteiger charge is 2.41. The standard InChI is InChI=1S/C29H33NO2S/c1-30-17-13-24(26(20-30)22-10-6-3-7-11-22)25-18-23(33-27(25)28(31)32)12-14-29(15-16-29)19-21-8-4-2-5-9-21/h2,4-5,8-9,18,22H,3,6-7,10-11,13,15-17,19-20H2,1H3,(H,31,32). The maximum absolute atomic E-state index is 12.2. The SMILES string of the molecule is CN1CCC(c2cc(C#CC3(Cc4ccccc4)CC3)sc2C(=O)O)=C(C2CCCCC2)C1. The summed E-state index contributed by atoms with van der Waals surface area (Å²) in [7, 11) is 2.18. The minimum atomic E-state index is -0.817. The van der Waals surface area contributed by atoms with E-state index in [1.807, 2.05) is 0 Å². The number of nitrogens with zero attached hydrogens (tertiary/aromatic N) is 1. The highest BCUT2D eigenvalue weighted by Crippen LogP contribution is 2.48. The van der Waals surface area contributed by atoms with Gasteiger partial charge in [-0.3, -0.25) is 0 Å². The zero-order chi connectivity index (χ0) is 22.8. The van der Waals surface area contributed by atoms with E-state index in [2.05, 4.69) is 60.2 Å². The minimum Gasteiger partial charge on any atom is -0.477 e. The highest BCUT2D eigenvalue weighted by molar-refractivity contribution is 7.14. The molecule has 0 saturated heterocycles. The van der Waals surface area contributed by atoms with Crippen LogP contribution in [-0.4, -0.2) is 36.1 Å². The zero-order valence-electron chi connectivity index (χ0n) is 19.5. The first-order valence-electron chi connectivity index (χ1n) is 12.4. The Morgan fingerprint density at radius 1 is 1.18 bits per heavy atom. The van der Waals surface area contributed by atoms with E-state index >= 15 is 0 Å². The molecule has 2 aliphatic carbocycles. The van der Waals surface area contributed by atoms with Crippen molar-refractivity contribution in [2.45, 2.75) is 57.8 Å². The van der Waals surface area contributed by atoms with Gasteiger partial charge >= 0.3 is 5.97 Å². The maximum Gasteiger partial charge on any atom is 0.346 e. The Balaban J connectivity index is 1.46. The van der Waals surface area contributed by atoms with Crippen molar-refractivity contribution < 1.29 is 9.90 Å². The molecule has 1 aromatic carbocycles. The van der Waals surface area contributed by atoms with Gasteiger partial charge in [-0.2, -0.15) is 0 Å². The smallest absolute Gasteiger partial charge is 0.346 e. The summed E-state index contributed by atoms with van der Waals surface area (Å²) in [6.07, 6.45) is 10.6. The monoisotopic (exact) mass is 459 g/mol. The van der Waals surface area contributed by atoms with Gasteiger partial charge < -0.3 is 10.0 Å². The Bertz CT molecular complexity index is 1110. The molecule has 2 aromatic rings. The van der Waals surface area contributed by atoms with Gasteiger partial charge in [0.2, 0.25) is 0 Å². The molecule has 1 aliphatic heterocycles. The van der Waals surface area contributed by atoms with E-state index in [9.17, 15) is 9.90 Å². The molecule has 2 saturated carbocycles. The molecule has 2 heterocycles. The van der Waals surface area contributed by atoms with E-state index in [-0.39, 0.29) is 5.41 Å². The fraction of sp³-hybridized carbons (Fsp3) is 0.483. The van der Waals surface area contributed by atoms with Crippen molar-refractivity contribution in [2.24, 2.45) is 11.3 Å². The van der Waals surface area contributed by atoms with Crippen molar-refractivity contribution >= 4 is 22.9 Å². The fourth-order valence-electron chi connectivity index (χ4n) is 5.58. The van der Waals surface area contributed by atoms with Crippen LogP contribution < -0.4 is 0 Å². The number of likely N-dealkylation sites (N-methyl/N-ethyl adjacent to an activating group) is 1. The molecule has 172 valence electrons. The van der Waals surface area contributed by atoms with Crippen LogP contribution in [0.4, 0.5) is 0 Å². The van der Waals surface area contributed by atoms with Crippen LogP contribution in [0, 0.1) is 23.2 Å². The normalized spacial score (nSPS) is 20.9. The number of carboxylic acids is 1. The summed E-state index contributed by atoms with van der Waals surface area (Å²) in [5.41, 5.74) is 5.13. The van der Waals surface area contributed by atoms with E-state index in [1.54, 1.807) is 0 Å². The molecule has 5 rings (SSSR count). The number of thiophene rings is 1. The van der Waals surface area contributed by atoms with E-state index in [0.29, 0.717) is 10.8 Å². The molecule has 0 bridgehead atoms. The Labute approximate surface area is 201 Å². The van der Waals surface area contributed by atoms with E-state index in [4.69, 9.17) is 0 Å². The van der Waals surface area contributed by atoms with Crippen LogP contribution in [0.1, 0.15) is 77.0 Å². The lowest BCUT2D eigenvalue weighted by molar-refractivity contribution is 0.0702. The Morgan fingerprint density at radius 2 is 1.94 bits per heavy atom. The number of benzene rings is 1. The molecule has 1 aromatic heterocycles. The average Bonchev–Trinajstić information content (AvgIpc) is 3.45. The molecule has 1 N–H and O–H groups in total. The average molecular weight is 460 g/mol. The molecule has 0 spiro atoms. The second kappa shape index (κ2) is 9.49. The lowest BCUT2D eigenvalue weighted by Crippen LogP contribution is -2.31. The van der Waals surface area contributed by atoms with Crippen LogP contribution in [-0.2, 0) is 6.42 Å².